The number of hydrogen-bond donors (Lipinski definition) is 1. The van der Waals surface area contributed by atoms with Gasteiger partial charge >= 0.3 is 0 Å². The van der Waals surface area contributed by atoms with Crippen LogP contribution in [0.3, 0.4) is 0 Å². The highest BCUT2D eigenvalue weighted by Crippen LogP contribution is 2.32. The van der Waals surface area contributed by atoms with Crippen LogP contribution in [0.4, 0.5) is 0 Å². The Hall–Kier alpha value is 0.230. The van der Waals surface area contributed by atoms with Gasteiger partial charge in [0.05, 0.1) is 6.61 Å². The largest absolute Gasteiger partial charge is 0.383 e. The van der Waals surface area contributed by atoms with E-state index >= 15 is 0 Å². The van der Waals surface area contributed by atoms with E-state index in [9.17, 15) is 0 Å². The maximum Gasteiger partial charge on any atom is 0.0632 e. The van der Waals surface area contributed by atoms with Gasteiger partial charge in [-0.05, 0) is 44.8 Å². The van der Waals surface area contributed by atoms with Crippen molar-refractivity contribution >= 4 is 11.8 Å². The first-order valence-electron chi connectivity index (χ1n) is 7.02. The Morgan fingerprint density at radius 3 is 2.84 bits per heavy atom. The minimum atomic E-state index is 0.377. The molecule has 0 aromatic rings. The topological polar surface area (TPSA) is 24.5 Å². The normalized spacial score (nSPS) is 28.9. The van der Waals surface area contributed by atoms with Crippen LogP contribution in [-0.4, -0.2) is 48.9 Å². The summed E-state index contributed by atoms with van der Waals surface area (Å²) in [5, 5.41) is 2.93. The predicted molar refractivity (Wildman–Crippen MR) is 81.9 cm³/mol. The molecule has 4 heteroatoms. The Kier molecular flexibility index (Phi) is 6.46. The first-order valence-corrected chi connectivity index (χ1v) is 8.31. The van der Waals surface area contributed by atoms with E-state index in [0.717, 1.165) is 13.2 Å². The number of thioether (sulfide) groups is 1. The summed E-state index contributed by atoms with van der Waals surface area (Å²) >= 11 is 1.91. The molecule has 1 heterocycles. The number of ether oxygens (including phenoxy) is 1. The van der Waals surface area contributed by atoms with Gasteiger partial charge in [0.15, 0.2) is 0 Å². The molecule has 2 fully saturated rings. The Morgan fingerprint density at radius 2 is 2.21 bits per heavy atom. The molecule has 3 nitrogen and oxygen atoms in total. The molecular formula is C15H25N2OS. The van der Waals surface area contributed by atoms with Gasteiger partial charge in [-0.15, -0.1) is 0 Å². The van der Waals surface area contributed by atoms with Crippen molar-refractivity contribution in [3.05, 3.63) is 31.6 Å². The van der Waals surface area contributed by atoms with E-state index in [0.29, 0.717) is 17.3 Å². The van der Waals surface area contributed by atoms with Crippen LogP contribution in [0, 0.1) is 31.6 Å². The van der Waals surface area contributed by atoms with E-state index in [1.165, 1.54) is 18.8 Å². The molecular weight excluding hydrogens is 256 g/mol. The highest BCUT2D eigenvalue weighted by molar-refractivity contribution is 7.99. The van der Waals surface area contributed by atoms with E-state index in [1.807, 2.05) is 11.8 Å². The fraction of sp³-hybridized carbons (Fsp3) is 0.667. The smallest absolute Gasteiger partial charge is 0.0632 e. The van der Waals surface area contributed by atoms with E-state index in [-0.39, 0.29) is 0 Å². The molecule has 1 aliphatic heterocycles. The molecule has 0 amide bonds. The third-order valence-electron chi connectivity index (χ3n) is 3.93. The standard InChI is InChI=1S/C15H25N2OS/c1-12(19-3)15(13-7-4-5-8-13)16-17-10-6-9-14(17)11-18-2/h4-5,7-8,12,14-16H,6,9-11H2,1-3H3/t12-,14-,15?/m0/s1. The third kappa shape index (κ3) is 4.10. The maximum absolute atomic E-state index is 5.33. The molecule has 2 rings (SSSR count). The maximum atomic E-state index is 5.33. The molecule has 1 unspecified atom stereocenters. The Bertz CT molecular complexity index is 259. The second-order valence-electron chi connectivity index (χ2n) is 5.21. The Balaban J connectivity index is 1.94. The van der Waals surface area contributed by atoms with Gasteiger partial charge in [-0.1, -0.05) is 6.92 Å². The summed E-state index contributed by atoms with van der Waals surface area (Å²) in [7, 11) is 1.79. The first-order chi connectivity index (χ1) is 9.26. The summed E-state index contributed by atoms with van der Waals surface area (Å²) in [5.74, 6) is 1.38. The van der Waals surface area contributed by atoms with Crippen LogP contribution in [0.2, 0.25) is 0 Å². The van der Waals surface area contributed by atoms with E-state index in [2.05, 4.69) is 49.3 Å². The molecule has 3 atom stereocenters. The molecule has 0 aromatic heterocycles. The van der Waals surface area contributed by atoms with Gasteiger partial charge in [0.1, 0.15) is 0 Å². The lowest BCUT2D eigenvalue weighted by atomic mass is 9.96. The quantitative estimate of drug-likeness (QED) is 0.772. The van der Waals surface area contributed by atoms with E-state index in [1.54, 1.807) is 7.11 Å². The van der Waals surface area contributed by atoms with Gasteiger partial charge in [0.2, 0.25) is 0 Å². The summed E-state index contributed by atoms with van der Waals surface area (Å²) in [6.07, 6.45) is 13.3. The van der Waals surface area contributed by atoms with Gasteiger partial charge in [0, 0.05) is 36.9 Å². The molecule has 1 saturated heterocycles. The molecule has 1 N–H and O–H groups in total. The minimum absolute atomic E-state index is 0.377. The molecule has 2 aliphatic rings. The fourth-order valence-corrected chi connectivity index (χ4v) is 3.22. The highest BCUT2D eigenvalue weighted by Gasteiger charge is 2.34. The number of nitrogens with one attached hydrogen (secondary N) is 1. The Labute approximate surface area is 122 Å². The molecule has 19 heavy (non-hydrogen) atoms. The molecule has 0 spiro atoms. The monoisotopic (exact) mass is 281 g/mol. The zero-order valence-electron chi connectivity index (χ0n) is 12.1. The number of methoxy groups -OCH3 is 1. The van der Waals surface area contributed by atoms with Crippen molar-refractivity contribution in [2.75, 3.05) is 26.5 Å². The summed E-state index contributed by atoms with van der Waals surface area (Å²) in [5.41, 5.74) is 3.74. The van der Waals surface area contributed by atoms with Crippen molar-refractivity contribution in [2.24, 2.45) is 0 Å². The highest BCUT2D eigenvalue weighted by atomic mass is 32.2. The van der Waals surface area contributed by atoms with E-state index < -0.39 is 0 Å². The summed E-state index contributed by atoms with van der Waals surface area (Å²) in [6.45, 7) is 4.22. The zero-order valence-corrected chi connectivity index (χ0v) is 13.0. The average molecular weight is 281 g/mol. The van der Waals surface area contributed by atoms with Crippen molar-refractivity contribution < 1.29 is 4.74 Å². The van der Waals surface area contributed by atoms with E-state index in [4.69, 9.17) is 4.74 Å². The first kappa shape index (κ1) is 15.6. The Morgan fingerprint density at radius 1 is 1.47 bits per heavy atom. The van der Waals surface area contributed by atoms with Crippen molar-refractivity contribution in [2.45, 2.75) is 37.1 Å². The summed E-state index contributed by atoms with van der Waals surface area (Å²) in [4.78, 5) is 0. The van der Waals surface area contributed by atoms with Crippen LogP contribution in [-0.2, 0) is 4.74 Å². The zero-order chi connectivity index (χ0) is 13.7. The van der Waals surface area contributed by atoms with Crippen molar-refractivity contribution in [1.82, 2.24) is 10.4 Å². The van der Waals surface area contributed by atoms with Crippen LogP contribution in [0.5, 0.6) is 0 Å². The number of hydrazine groups is 1. The average Bonchev–Trinajstić information content (AvgIpc) is 3.07. The van der Waals surface area contributed by atoms with Crippen LogP contribution in [0.25, 0.3) is 0 Å². The van der Waals surface area contributed by atoms with Crippen molar-refractivity contribution in [3.63, 3.8) is 0 Å². The summed E-state index contributed by atoms with van der Waals surface area (Å²) < 4.78 is 5.33. The molecule has 1 aliphatic carbocycles. The number of hydrogen-bond acceptors (Lipinski definition) is 4. The van der Waals surface area contributed by atoms with Crippen LogP contribution in [0.1, 0.15) is 19.8 Å². The lowest BCUT2D eigenvalue weighted by molar-refractivity contribution is 0.0737. The third-order valence-corrected chi connectivity index (χ3v) is 4.95. The SMILES string of the molecule is COC[C@@H]1CCCN1NC([C]1[CH][CH][CH][CH]1)[C@H](C)SC. The van der Waals surface area contributed by atoms with Crippen molar-refractivity contribution in [1.29, 1.82) is 0 Å². The van der Waals surface area contributed by atoms with Crippen LogP contribution in [0.15, 0.2) is 0 Å². The predicted octanol–water partition coefficient (Wildman–Crippen LogP) is 2.13. The summed E-state index contributed by atoms with van der Waals surface area (Å²) in [6, 6.07) is 0.888. The minimum Gasteiger partial charge on any atom is -0.383 e. The number of nitrogens with zero attached hydrogens (tertiary/aromatic N) is 1. The van der Waals surface area contributed by atoms with Gasteiger partial charge in [-0.3, -0.25) is 5.43 Å². The van der Waals surface area contributed by atoms with Gasteiger partial charge in [0.25, 0.3) is 0 Å². The molecule has 5 radical (unpaired) electrons. The van der Waals surface area contributed by atoms with Crippen molar-refractivity contribution in [3.8, 4) is 0 Å². The lowest BCUT2D eigenvalue weighted by Gasteiger charge is -2.35. The second kappa shape index (κ2) is 7.87. The van der Waals surface area contributed by atoms with Gasteiger partial charge < -0.3 is 4.74 Å². The number of rotatable bonds is 7. The molecule has 0 aromatic carbocycles. The lowest BCUT2D eigenvalue weighted by Crippen LogP contribution is -2.53. The van der Waals surface area contributed by atoms with Crippen LogP contribution < -0.4 is 5.43 Å². The molecule has 0 bridgehead atoms. The fourth-order valence-electron chi connectivity index (χ4n) is 2.73. The van der Waals surface area contributed by atoms with Crippen LogP contribution >= 0.6 is 11.8 Å². The van der Waals surface area contributed by atoms with Gasteiger partial charge in [-0.2, -0.15) is 11.8 Å². The van der Waals surface area contributed by atoms with Gasteiger partial charge in [-0.25, -0.2) is 5.01 Å². The second-order valence-corrected chi connectivity index (χ2v) is 6.43. The molecule has 107 valence electrons. The molecule has 1 saturated carbocycles.